The lowest BCUT2D eigenvalue weighted by Gasteiger charge is -2.28. The average molecular weight is 484 g/mol. The summed E-state index contributed by atoms with van der Waals surface area (Å²) in [6.07, 6.45) is -10.4. The maximum atomic E-state index is 14.7. The van der Waals surface area contributed by atoms with Crippen LogP contribution in [0.2, 0.25) is 0 Å². The second-order valence-electron chi connectivity index (χ2n) is 7.90. The van der Waals surface area contributed by atoms with Gasteiger partial charge < -0.3 is 0 Å². The molecule has 0 saturated heterocycles. The number of rotatable bonds is 4. The van der Waals surface area contributed by atoms with E-state index in [9.17, 15) is 31.1 Å². The predicted molar refractivity (Wildman–Crippen MR) is 123 cm³/mol. The van der Waals surface area contributed by atoms with E-state index in [1.54, 1.807) is 12.1 Å². The zero-order valence-corrected chi connectivity index (χ0v) is 18.3. The summed E-state index contributed by atoms with van der Waals surface area (Å²) < 4.78 is 88.5. The molecular formula is C28H18F6O. The molecule has 4 aromatic carbocycles. The second-order valence-corrected chi connectivity index (χ2v) is 7.90. The first kappa shape index (κ1) is 24.3. The molecule has 0 spiro atoms. The van der Waals surface area contributed by atoms with Crippen molar-refractivity contribution in [3.05, 3.63) is 108 Å². The molecule has 0 radical (unpaired) electrons. The Balaban J connectivity index is 2.41. The van der Waals surface area contributed by atoms with Gasteiger partial charge in [-0.2, -0.15) is 26.3 Å². The summed E-state index contributed by atoms with van der Waals surface area (Å²) in [5.41, 5.74) is -6.03. The highest BCUT2D eigenvalue weighted by atomic mass is 19.4. The normalized spacial score (nSPS) is 12.0. The maximum Gasteiger partial charge on any atom is 0.417 e. The SMILES string of the molecule is CC(=O)c1c(-c2ccccc2)c(C(F)(F)F)c(-c2ccccc2)c(C(F)(F)F)c1-c1ccccc1. The van der Waals surface area contributed by atoms with Crippen molar-refractivity contribution in [1.29, 1.82) is 0 Å². The van der Waals surface area contributed by atoms with Crippen molar-refractivity contribution in [2.45, 2.75) is 19.3 Å². The fraction of sp³-hybridized carbons (Fsp3) is 0.107. The molecule has 0 saturated carbocycles. The smallest absolute Gasteiger partial charge is 0.294 e. The standard InChI is InChI=1S/C28H18F6O/c1-17(35)21-22(18-11-5-2-6-12-18)25(27(29,30)31)24(20-15-9-4-10-16-20)26(28(32,33)34)23(21)19-13-7-3-8-14-19/h2-16H,1H3. The first-order valence-electron chi connectivity index (χ1n) is 10.6. The van der Waals surface area contributed by atoms with Crippen molar-refractivity contribution in [2.75, 3.05) is 0 Å². The Hall–Kier alpha value is -3.87. The van der Waals surface area contributed by atoms with E-state index in [1.807, 2.05) is 0 Å². The number of carbonyl (C=O) groups excluding carboxylic acids is 1. The predicted octanol–water partition coefficient (Wildman–Crippen LogP) is 8.93. The van der Waals surface area contributed by atoms with Gasteiger partial charge in [-0.25, -0.2) is 0 Å². The quantitative estimate of drug-likeness (QED) is 0.209. The number of hydrogen-bond donors (Lipinski definition) is 0. The van der Waals surface area contributed by atoms with E-state index in [4.69, 9.17) is 0 Å². The Labute approximate surface area is 197 Å². The van der Waals surface area contributed by atoms with Crippen molar-refractivity contribution < 1.29 is 31.1 Å². The highest BCUT2D eigenvalue weighted by Gasteiger charge is 2.47. The number of ketones is 1. The third kappa shape index (κ3) is 4.58. The van der Waals surface area contributed by atoms with Crippen LogP contribution in [-0.4, -0.2) is 5.78 Å². The van der Waals surface area contributed by atoms with Gasteiger partial charge in [-0.05, 0) is 23.6 Å². The fourth-order valence-electron chi connectivity index (χ4n) is 4.35. The van der Waals surface area contributed by atoms with Crippen LogP contribution >= 0.6 is 0 Å². The number of benzene rings is 4. The average Bonchev–Trinajstić information content (AvgIpc) is 2.82. The van der Waals surface area contributed by atoms with Crippen molar-refractivity contribution in [2.24, 2.45) is 0 Å². The molecule has 0 fully saturated rings. The first-order chi connectivity index (χ1) is 16.5. The third-order valence-electron chi connectivity index (χ3n) is 5.61. The lowest BCUT2D eigenvalue weighted by Crippen LogP contribution is -2.21. The Morgan fingerprint density at radius 3 is 1.06 bits per heavy atom. The van der Waals surface area contributed by atoms with Crippen molar-refractivity contribution >= 4 is 5.78 Å². The van der Waals surface area contributed by atoms with Crippen LogP contribution in [0, 0.1) is 0 Å². The van der Waals surface area contributed by atoms with E-state index in [2.05, 4.69) is 0 Å². The summed E-state index contributed by atoms with van der Waals surface area (Å²) in [6.45, 7) is 0.983. The van der Waals surface area contributed by atoms with E-state index in [0.29, 0.717) is 0 Å². The molecule has 4 rings (SSSR count). The summed E-state index contributed by atoms with van der Waals surface area (Å²) in [5, 5.41) is 0. The highest BCUT2D eigenvalue weighted by Crippen LogP contribution is 2.54. The minimum atomic E-state index is -5.20. The number of hydrogen-bond acceptors (Lipinski definition) is 1. The molecule has 0 bridgehead atoms. The van der Waals surface area contributed by atoms with Crippen LogP contribution in [0.15, 0.2) is 91.0 Å². The molecular weight excluding hydrogens is 466 g/mol. The molecule has 0 aliphatic rings. The van der Waals surface area contributed by atoms with Gasteiger partial charge >= 0.3 is 12.4 Å². The van der Waals surface area contributed by atoms with Crippen molar-refractivity contribution in [3.8, 4) is 33.4 Å². The molecule has 0 aliphatic carbocycles. The molecule has 0 atom stereocenters. The van der Waals surface area contributed by atoms with E-state index in [0.717, 1.165) is 6.92 Å². The van der Waals surface area contributed by atoms with Gasteiger partial charge in [-0.3, -0.25) is 4.79 Å². The second kappa shape index (κ2) is 9.06. The molecule has 0 aromatic heterocycles. The molecule has 0 unspecified atom stereocenters. The summed E-state index contributed by atoms with van der Waals surface area (Å²) >= 11 is 0. The van der Waals surface area contributed by atoms with Crippen LogP contribution < -0.4 is 0 Å². The van der Waals surface area contributed by atoms with Gasteiger partial charge in [0.1, 0.15) is 0 Å². The van der Waals surface area contributed by atoms with Crippen LogP contribution in [0.4, 0.5) is 26.3 Å². The van der Waals surface area contributed by atoms with Crippen LogP contribution in [-0.2, 0) is 12.4 Å². The van der Waals surface area contributed by atoms with Crippen LogP contribution in [0.1, 0.15) is 28.4 Å². The van der Waals surface area contributed by atoms with E-state index < -0.39 is 51.5 Å². The molecule has 4 aromatic rings. The van der Waals surface area contributed by atoms with Crippen molar-refractivity contribution in [1.82, 2.24) is 0 Å². The number of Topliss-reactive ketones (excluding diaryl/α,β-unsaturated/α-hetero) is 1. The minimum Gasteiger partial charge on any atom is -0.294 e. The molecule has 0 amide bonds. The minimum absolute atomic E-state index is 0.00638. The third-order valence-corrected chi connectivity index (χ3v) is 5.61. The molecule has 0 aliphatic heterocycles. The Morgan fingerprint density at radius 2 is 0.800 bits per heavy atom. The van der Waals surface area contributed by atoms with Gasteiger partial charge in [0.25, 0.3) is 0 Å². The Morgan fingerprint density at radius 1 is 0.514 bits per heavy atom. The number of halogens is 6. The van der Waals surface area contributed by atoms with Gasteiger partial charge in [-0.1, -0.05) is 91.0 Å². The summed E-state index contributed by atoms with van der Waals surface area (Å²) in [5.74, 6) is -0.904. The van der Waals surface area contributed by atoms with Gasteiger partial charge in [0.15, 0.2) is 5.78 Å². The summed E-state index contributed by atoms with van der Waals surface area (Å²) in [6, 6.07) is 21.1. The topological polar surface area (TPSA) is 17.1 Å². The summed E-state index contributed by atoms with van der Waals surface area (Å²) in [7, 11) is 0. The molecule has 35 heavy (non-hydrogen) atoms. The molecule has 0 N–H and O–H groups in total. The highest BCUT2D eigenvalue weighted by molar-refractivity contribution is 6.11. The monoisotopic (exact) mass is 484 g/mol. The molecule has 0 heterocycles. The lowest BCUT2D eigenvalue weighted by atomic mass is 9.78. The van der Waals surface area contributed by atoms with E-state index in [-0.39, 0.29) is 16.7 Å². The van der Waals surface area contributed by atoms with Crippen LogP contribution in [0.3, 0.4) is 0 Å². The number of alkyl halides is 6. The molecule has 1 nitrogen and oxygen atoms in total. The Bertz CT molecular complexity index is 1280. The lowest BCUT2D eigenvalue weighted by molar-refractivity contribution is -0.141. The zero-order chi connectivity index (χ0) is 25.4. The molecule has 178 valence electrons. The van der Waals surface area contributed by atoms with Gasteiger partial charge in [0, 0.05) is 22.3 Å². The van der Waals surface area contributed by atoms with Crippen molar-refractivity contribution in [3.63, 3.8) is 0 Å². The first-order valence-corrected chi connectivity index (χ1v) is 10.6. The van der Waals surface area contributed by atoms with Gasteiger partial charge in [-0.15, -0.1) is 0 Å². The van der Waals surface area contributed by atoms with Crippen LogP contribution in [0.25, 0.3) is 33.4 Å². The molecule has 7 heteroatoms. The van der Waals surface area contributed by atoms with E-state index >= 15 is 0 Å². The maximum absolute atomic E-state index is 14.7. The fourth-order valence-corrected chi connectivity index (χ4v) is 4.35. The van der Waals surface area contributed by atoms with Gasteiger partial charge in [0.05, 0.1) is 11.1 Å². The van der Waals surface area contributed by atoms with Gasteiger partial charge in [0.2, 0.25) is 0 Å². The number of carbonyl (C=O) groups is 1. The van der Waals surface area contributed by atoms with Crippen LogP contribution in [0.5, 0.6) is 0 Å². The Kier molecular flexibility index (Phi) is 6.28. The largest absolute Gasteiger partial charge is 0.417 e. The summed E-state index contributed by atoms with van der Waals surface area (Å²) in [4.78, 5) is 12.9. The zero-order valence-electron chi connectivity index (χ0n) is 18.3. The van der Waals surface area contributed by atoms with E-state index in [1.165, 1.54) is 78.9 Å².